The number of carbonyl (C=O) groups is 3. The average Bonchev–Trinajstić information content (AvgIpc) is 2.56. The largest absolute Gasteiger partial charge is 0.328 e. The van der Waals surface area contributed by atoms with Gasteiger partial charge in [0.15, 0.2) is 0 Å². The highest BCUT2D eigenvalue weighted by Gasteiger charge is 2.42. The molecule has 1 N–H and O–H groups in total. The van der Waals surface area contributed by atoms with Crippen LogP contribution in [0.25, 0.3) is 0 Å². The number of benzene rings is 1. The molecule has 0 bridgehead atoms. The Labute approximate surface area is 103 Å². The third-order valence-corrected chi connectivity index (χ3v) is 3.27. The first-order valence-corrected chi connectivity index (χ1v) is 6.25. The van der Waals surface area contributed by atoms with Gasteiger partial charge in [0.1, 0.15) is 16.8 Å². The number of amides is 3. The lowest BCUT2D eigenvalue weighted by molar-refractivity contribution is -0.105. The average molecular weight is 270 g/mol. The van der Waals surface area contributed by atoms with Crippen molar-refractivity contribution in [2.45, 2.75) is 0 Å². The Kier molecular flexibility index (Phi) is 2.95. The summed E-state index contributed by atoms with van der Waals surface area (Å²) in [4.78, 5) is 34.1. The number of hydrogen-bond acceptors (Lipinski definition) is 4. The molecule has 0 fully saturated rings. The first kappa shape index (κ1) is 12.4. The van der Waals surface area contributed by atoms with Crippen LogP contribution in [0.5, 0.6) is 0 Å². The number of nitrogens with zero attached hydrogens (tertiary/aromatic N) is 1. The zero-order chi connectivity index (χ0) is 13.4. The van der Waals surface area contributed by atoms with Crippen molar-refractivity contribution in [1.82, 2.24) is 4.31 Å². The molecule has 1 heterocycles. The fraction of sp³-hybridized carbons (Fsp3) is 0.100. The van der Waals surface area contributed by atoms with E-state index in [0.29, 0.717) is 10.7 Å². The molecule has 0 aliphatic carbocycles. The topological polar surface area (TPSA) is 83.6 Å². The monoisotopic (exact) mass is 270 g/mol. The van der Waals surface area contributed by atoms with Gasteiger partial charge in [-0.1, -0.05) is 0 Å². The quantitative estimate of drug-likeness (QED) is 0.631. The highest BCUT2D eigenvalue weighted by Crippen LogP contribution is 2.31. The van der Waals surface area contributed by atoms with Gasteiger partial charge < -0.3 is 5.32 Å². The summed E-state index contributed by atoms with van der Waals surface area (Å²) in [6, 6.07) is 2.12. The van der Waals surface area contributed by atoms with E-state index in [-0.39, 0.29) is 11.3 Å². The van der Waals surface area contributed by atoms with Gasteiger partial charge in [0.25, 0.3) is 11.8 Å². The van der Waals surface area contributed by atoms with Crippen LogP contribution in [-0.2, 0) is 15.8 Å². The van der Waals surface area contributed by atoms with Crippen molar-refractivity contribution in [2.75, 3.05) is 11.6 Å². The highest BCUT2D eigenvalue weighted by atomic mass is 32.2. The van der Waals surface area contributed by atoms with E-state index in [2.05, 4.69) is 5.32 Å². The minimum atomic E-state index is -1.90. The number of hydrogen-bond donors (Lipinski definition) is 1. The summed E-state index contributed by atoms with van der Waals surface area (Å²) < 4.78 is 25.3. The number of carbonyl (C=O) groups excluding carboxylic acids is 3. The molecular formula is C10H7FN2O4S. The van der Waals surface area contributed by atoms with Gasteiger partial charge in [-0.05, 0) is 12.1 Å². The molecule has 2 rings (SSSR count). The van der Waals surface area contributed by atoms with Crippen LogP contribution in [0.2, 0.25) is 0 Å². The van der Waals surface area contributed by atoms with Gasteiger partial charge in [0.2, 0.25) is 6.41 Å². The van der Waals surface area contributed by atoms with Crippen molar-refractivity contribution in [1.29, 1.82) is 0 Å². The second kappa shape index (κ2) is 4.30. The molecule has 6 nitrogen and oxygen atoms in total. The lowest BCUT2D eigenvalue weighted by Gasteiger charge is -2.08. The van der Waals surface area contributed by atoms with E-state index >= 15 is 0 Å². The molecule has 0 saturated carbocycles. The zero-order valence-corrected chi connectivity index (χ0v) is 9.91. The van der Waals surface area contributed by atoms with Crippen molar-refractivity contribution < 1.29 is 23.0 Å². The smallest absolute Gasteiger partial charge is 0.276 e. The normalized spacial score (nSPS) is 15.6. The molecule has 1 aliphatic heterocycles. The first-order valence-electron chi connectivity index (χ1n) is 4.74. The number of rotatable bonds is 3. The van der Waals surface area contributed by atoms with Crippen LogP contribution in [0.3, 0.4) is 0 Å². The number of halogens is 1. The molecule has 3 amide bonds. The number of anilines is 1. The summed E-state index contributed by atoms with van der Waals surface area (Å²) in [6.07, 6.45) is 1.43. The Hall–Kier alpha value is -2.09. The third kappa shape index (κ3) is 1.61. The molecule has 94 valence electrons. The van der Waals surface area contributed by atoms with E-state index in [4.69, 9.17) is 0 Å². The third-order valence-electron chi connectivity index (χ3n) is 2.42. The van der Waals surface area contributed by atoms with E-state index in [1.807, 2.05) is 0 Å². The maximum Gasteiger partial charge on any atom is 0.276 e. The molecule has 0 saturated heterocycles. The number of imide groups is 1. The van der Waals surface area contributed by atoms with E-state index < -0.39 is 34.2 Å². The standard InChI is InChI=1S/C10H7FN2O4S/c1-18(17)13-9(15)7-5(11)2-3-6(12-4-14)8(7)10(13)16/h2-4H,1H3,(H,12,14). The summed E-state index contributed by atoms with van der Waals surface area (Å²) in [5, 5.41) is 2.20. The summed E-state index contributed by atoms with van der Waals surface area (Å²) in [7, 11) is -1.90. The molecule has 1 unspecified atom stereocenters. The summed E-state index contributed by atoms with van der Waals surface area (Å²) in [5.74, 6) is -2.75. The second-order valence-electron chi connectivity index (χ2n) is 3.44. The maximum atomic E-state index is 13.6. The maximum absolute atomic E-state index is 13.6. The molecule has 1 aromatic carbocycles. The van der Waals surface area contributed by atoms with Crippen LogP contribution in [-0.4, -0.2) is 33.0 Å². The van der Waals surface area contributed by atoms with E-state index in [0.717, 1.165) is 18.4 Å². The molecule has 0 spiro atoms. The van der Waals surface area contributed by atoms with Crippen LogP contribution in [0.4, 0.5) is 10.1 Å². The van der Waals surface area contributed by atoms with Crippen molar-refractivity contribution >= 4 is 34.9 Å². The van der Waals surface area contributed by atoms with Crippen molar-refractivity contribution in [2.24, 2.45) is 0 Å². The molecular weight excluding hydrogens is 263 g/mol. The van der Waals surface area contributed by atoms with Crippen molar-refractivity contribution in [3.8, 4) is 0 Å². The Morgan fingerprint density at radius 1 is 1.28 bits per heavy atom. The molecule has 1 aliphatic rings. The molecule has 0 aromatic heterocycles. The van der Waals surface area contributed by atoms with Gasteiger partial charge >= 0.3 is 0 Å². The van der Waals surface area contributed by atoms with E-state index in [9.17, 15) is 23.0 Å². The SMILES string of the molecule is CS(=O)N1C(=O)c2c(F)ccc(NC=O)c2C1=O. The predicted octanol–water partition coefficient (Wildman–Crippen LogP) is 0.284. The minimum absolute atomic E-state index is 0.00713. The van der Waals surface area contributed by atoms with Crippen LogP contribution in [0.15, 0.2) is 12.1 Å². The van der Waals surface area contributed by atoms with Gasteiger partial charge in [-0.15, -0.1) is 0 Å². The second-order valence-corrected chi connectivity index (χ2v) is 4.65. The molecule has 0 radical (unpaired) electrons. The zero-order valence-electron chi connectivity index (χ0n) is 9.10. The molecule has 1 aromatic rings. The Morgan fingerprint density at radius 3 is 2.44 bits per heavy atom. The Balaban J connectivity index is 2.69. The van der Waals surface area contributed by atoms with Crippen LogP contribution >= 0.6 is 0 Å². The fourth-order valence-electron chi connectivity index (χ4n) is 1.72. The Bertz CT molecular complexity index is 602. The predicted molar refractivity (Wildman–Crippen MR) is 60.7 cm³/mol. The Morgan fingerprint density at radius 2 is 1.89 bits per heavy atom. The lowest BCUT2D eigenvalue weighted by Crippen LogP contribution is -2.31. The molecule has 8 heteroatoms. The van der Waals surface area contributed by atoms with Crippen LogP contribution in [0, 0.1) is 5.82 Å². The molecule has 1 atom stereocenters. The van der Waals surface area contributed by atoms with Crippen LogP contribution in [0.1, 0.15) is 20.7 Å². The van der Waals surface area contributed by atoms with Gasteiger partial charge in [-0.3, -0.25) is 14.4 Å². The highest BCUT2D eigenvalue weighted by molar-refractivity contribution is 7.83. The van der Waals surface area contributed by atoms with Gasteiger partial charge in [-0.2, -0.15) is 4.31 Å². The number of nitrogens with one attached hydrogen (secondary N) is 1. The fourth-order valence-corrected chi connectivity index (χ4v) is 2.37. The summed E-state index contributed by atoms with van der Waals surface area (Å²) in [5.41, 5.74) is -0.739. The summed E-state index contributed by atoms with van der Waals surface area (Å²) >= 11 is 0. The van der Waals surface area contributed by atoms with Gasteiger partial charge in [0, 0.05) is 6.26 Å². The molecule has 18 heavy (non-hydrogen) atoms. The van der Waals surface area contributed by atoms with Crippen LogP contribution < -0.4 is 5.32 Å². The van der Waals surface area contributed by atoms with Crippen molar-refractivity contribution in [3.05, 3.63) is 29.1 Å². The summed E-state index contributed by atoms with van der Waals surface area (Å²) in [6.45, 7) is 0. The van der Waals surface area contributed by atoms with E-state index in [1.165, 1.54) is 0 Å². The first-order chi connectivity index (χ1) is 8.49. The van der Waals surface area contributed by atoms with E-state index in [1.54, 1.807) is 0 Å². The lowest BCUT2D eigenvalue weighted by atomic mass is 10.1. The van der Waals surface area contributed by atoms with Gasteiger partial charge in [-0.25, -0.2) is 8.60 Å². The number of fused-ring (bicyclic) bond motifs is 1. The van der Waals surface area contributed by atoms with Crippen molar-refractivity contribution in [3.63, 3.8) is 0 Å². The minimum Gasteiger partial charge on any atom is -0.328 e. The van der Waals surface area contributed by atoms with Gasteiger partial charge in [0.05, 0.1) is 16.8 Å².